The quantitative estimate of drug-likeness (QED) is 0.588. The molecule has 0 saturated heterocycles. The van der Waals surface area contributed by atoms with E-state index >= 15 is 0 Å². The number of anilines is 1. The molecule has 2 aliphatic rings. The second kappa shape index (κ2) is 7.28. The summed E-state index contributed by atoms with van der Waals surface area (Å²) in [6.07, 6.45) is 7.61. The lowest BCUT2D eigenvalue weighted by Gasteiger charge is -2.26. The highest BCUT2D eigenvalue weighted by Gasteiger charge is 2.30. The van der Waals surface area contributed by atoms with Gasteiger partial charge in [0.05, 0.1) is 27.3 Å². The summed E-state index contributed by atoms with van der Waals surface area (Å²) in [7, 11) is 0. The van der Waals surface area contributed by atoms with Gasteiger partial charge in [-0.25, -0.2) is 9.97 Å². The number of carboxylic acids is 1. The average Bonchev–Trinajstić information content (AvgIpc) is 3.37. The first-order chi connectivity index (χ1) is 14.0. The number of aromatic nitrogens is 4. The van der Waals surface area contributed by atoms with Crippen molar-refractivity contribution in [3.05, 3.63) is 34.2 Å². The van der Waals surface area contributed by atoms with Crippen LogP contribution in [0.1, 0.15) is 42.9 Å². The van der Waals surface area contributed by atoms with E-state index in [0.29, 0.717) is 24.3 Å². The van der Waals surface area contributed by atoms with Crippen LogP contribution in [0.15, 0.2) is 28.0 Å². The van der Waals surface area contributed by atoms with Crippen molar-refractivity contribution in [2.75, 3.05) is 11.5 Å². The number of nitrogens with two attached hydrogens (primary N) is 1. The molecule has 0 bridgehead atoms. The van der Waals surface area contributed by atoms with Crippen molar-refractivity contribution in [3.8, 4) is 11.1 Å². The molecule has 0 amide bonds. The molecule has 9 heteroatoms. The van der Waals surface area contributed by atoms with E-state index in [-0.39, 0.29) is 11.8 Å². The number of carboxylic acid groups (broad SMARTS) is 1. The summed E-state index contributed by atoms with van der Waals surface area (Å²) in [6.45, 7) is 0. The second-order valence-electron chi connectivity index (χ2n) is 7.66. The summed E-state index contributed by atoms with van der Waals surface area (Å²) >= 11 is 5.40. The smallest absolute Gasteiger partial charge is 0.306 e. The van der Waals surface area contributed by atoms with E-state index in [1.807, 2.05) is 6.20 Å². The van der Waals surface area contributed by atoms with Gasteiger partial charge in [-0.15, -0.1) is 11.8 Å². The molecule has 0 radical (unpaired) electrons. The van der Waals surface area contributed by atoms with Gasteiger partial charge in [-0.2, -0.15) is 9.61 Å². The van der Waals surface area contributed by atoms with E-state index in [1.54, 1.807) is 22.5 Å². The molecule has 150 valence electrons. The number of rotatable bonds is 3. The van der Waals surface area contributed by atoms with Crippen molar-refractivity contribution in [2.45, 2.75) is 43.0 Å². The molecule has 3 aromatic heterocycles. The lowest BCUT2D eigenvalue weighted by atomic mass is 9.80. The predicted octanol–water partition coefficient (Wildman–Crippen LogP) is 4.14. The van der Waals surface area contributed by atoms with Gasteiger partial charge in [0.1, 0.15) is 5.82 Å². The highest BCUT2D eigenvalue weighted by molar-refractivity contribution is 9.10. The number of nitrogen functional groups attached to an aromatic ring is 1. The number of thioether (sulfide) groups is 1. The maximum absolute atomic E-state index is 11.3. The van der Waals surface area contributed by atoms with E-state index < -0.39 is 5.97 Å². The fourth-order valence-electron chi connectivity index (χ4n) is 4.31. The first-order valence-corrected chi connectivity index (χ1v) is 11.5. The number of aryl methyl sites for hydroxylation is 1. The van der Waals surface area contributed by atoms with Gasteiger partial charge >= 0.3 is 5.97 Å². The zero-order valence-electron chi connectivity index (χ0n) is 15.6. The van der Waals surface area contributed by atoms with Gasteiger partial charge < -0.3 is 10.8 Å². The lowest BCUT2D eigenvalue weighted by Crippen LogP contribution is -2.21. The molecule has 3 aromatic rings. The zero-order chi connectivity index (χ0) is 20.1. The molecule has 7 nitrogen and oxygen atoms in total. The highest BCUT2D eigenvalue weighted by atomic mass is 79.9. The fourth-order valence-corrected chi connectivity index (χ4v) is 5.88. The summed E-state index contributed by atoms with van der Waals surface area (Å²) in [5, 5.41) is 14.8. The number of nitrogens with zero attached hydrogens (tertiary/aromatic N) is 4. The Morgan fingerprint density at radius 2 is 2.07 bits per heavy atom. The molecule has 3 N–H and O–H groups in total. The zero-order valence-corrected chi connectivity index (χ0v) is 18.0. The minimum Gasteiger partial charge on any atom is -0.481 e. The molecule has 29 heavy (non-hydrogen) atoms. The number of hydrogen-bond acceptors (Lipinski definition) is 6. The van der Waals surface area contributed by atoms with Crippen molar-refractivity contribution in [2.24, 2.45) is 5.92 Å². The van der Waals surface area contributed by atoms with E-state index in [9.17, 15) is 9.90 Å². The van der Waals surface area contributed by atoms with Crippen LogP contribution in [-0.2, 0) is 11.2 Å². The van der Waals surface area contributed by atoms with Crippen LogP contribution in [0.3, 0.4) is 0 Å². The molecule has 1 aliphatic heterocycles. The van der Waals surface area contributed by atoms with Crippen LogP contribution in [0.5, 0.6) is 0 Å². The van der Waals surface area contributed by atoms with Crippen LogP contribution in [0.25, 0.3) is 16.8 Å². The number of halogens is 1. The first-order valence-electron chi connectivity index (χ1n) is 9.70. The molecule has 0 unspecified atom stereocenters. The molecule has 5 rings (SSSR count). The summed E-state index contributed by atoms with van der Waals surface area (Å²) in [5.74, 6) is 0.811. The van der Waals surface area contributed by atoms with Crippen LogP contribution in [-0.4, -0.2) is 36.4 Å². The van der Waals surface area contributed by atoms with Gasteiger partial charge in [0, 0.05) is 29.0 Å². The fraction of sp³-hybridized carbons (Fsp3) is 0.400. The second-order valence-corrected chi connectivity index (χ2v) is 9.54. The van der Waals surface area contributed by atoms with Crippen LogP contribution >= 0.6 is 27.7 Å². The first kappa shape index (κ1) is 18.9. The Hall–Kier alpha value is -2.13. The average molecular weight is 474 g/mol. The van der Waals surface area contributed by atoms with Crippen LogP contribution in [0.4, 0.5) is 5.82 Å². The molecule has 0 spiro atoms. The van der Waals surface area contributed by atoms with Gasteiger partial charge in [-0.3, -0.25) is 4.79 Å². The summed E-state index contributed by atoms with van der Waals surface area (Å²) in [4.78, 5) is 20.8. The summed E-state index contributed by atoms with van der Waals surface area (Å²) < 4.78 is 2.41. The molecule has 1 fully saturated rings. The maximum atomic E-state index is 11.3. The van der Waals surface area contributed by atoms with E-state index in [0.717, 1.165) is 51.3 Å². The SMILES string of the molecule is Nc1c(Br)c([C@H]2CC[C@@H](C(=O)O)CC2)nc2c(-c3cnc4c(c3)CCS4)cnn12. The Labute approximate surface area is 180 Å². The Kier molecular flexibility index (Phi) is 4.74. The Balaban J connectivity index is 1.56. The third kappa shape index (κ3) is 3.20. The van der Waals surface area contributed by atoms with Crippen molar-refractivity contribution < 1.29 is 9.90 Å². The van der Waals surface area contributed by atoms with Gasteiger partial charge in [-0.05, 0) is 59.7 Å². The van der Waals surface area contributed by atoms with E-state index in [1.165, 1.54) is 5.56 Å². The van der Waals surface area contributed by atoms with Crippen molar-refractivity contribution in [1.29, 1.82) is 0 Å². The van der Waals surface area contributed by atoms with Gasteiger partial charge in [0.25, 0.3) is 0 Å². The number of aliphatic carboxylic acids is 1. The number of fused-ring (bicyclic) bond motifs is 2. The summed E-state index contributed by atoms with van der Waals surface area (Å²) in [6, 6.07) is 2.18. The molecular formula is C20H20BrN5O2S. The number of carbonyl (C=O) groups is 1. The van der Waals surface area contributed by atoms with Gasteiger partial charge in [0.2, 0.25) is 0 Å². The third-order valence-electron chi connectivity index (χ3n) is 5.96. The third-order valence-corrected chi connectivity index (χ3v) is 7.82. The molecule has 1 aliphatic carbocycles. The largest absolute Gasteiger partial charge is 0.481 e. The molecule has 1 saturated carbocycles. The van der Waals surface area contributed by atoms with E-state index in [2.05, 4.69) is 32.1 Å². The lowest BCUT2D eigenvalue weighted by molar-refractivity contribution is -0.142. The van der Waals surface area contributed by atoms with Gasteiger partial charge in [-0.1, -0.05) is 0 Å². The summed E-state index contributed by atoms with van der Waals surface area (Å²) in [5.41, 5.74) is 11.2. The normalized spacial score (nSPS) is 21.4. The number of hydrogen-bond donors (Lipinski definition) is 2. The number of pyridine rings is 1. The van der Waals surface area contributed by atoms with Crippen LogP contribution in [0.2, 0.25) is 0 Å². The Bertz CT molecular complexity index is 1120. The van der Waals surface area contributed by atoms with Crippen molar-refractivity contribution in [3.63, 3.8) is 0 Å². The highest BCUT2D eigenvalue weighted by Crippen LogP contribution is 2.41. The van der Waals surface area contributed by atoms with Crippen molar-refractivity contribution >= 4 is 45.1 Å². The van der Waals surface area contributed by atoms with Crippen molar-refractivity contribution in [1.82, 2.24) is 19.6 Å². The van der Waals surface area contributed by atoms with E-state index in [4.69, 9.17) is 10.7 Å². The minimum absolute atomic E-state index is 0.185. The molecule has 0 atom stereocenters. The Morgan fingerprint density at radius 3 is 2.83 bits per heavy atom. The van der Waals surface area contributed by atoms with Crippen LogP contribution < -0.4 is 5.73 Å². The Morgan fingerprint density at radius 1 is 1.28 bits per heavy atom. The molecular weight excluding hydrogens is 454 g/mol. The topological polar surface area (TPSA) is 106 Å². The maximum Gasteiger partial charge on any atom is 0.306 e. The standard InChI is InChI=1S/C20H20BrN5O2S/c21-15-16(10-1-3-11(4-2-10)20(27)28)25-18-14(9-24-26(18)17(15)22)13-7-12-5-6-29-19(12)23-8-13/h7-11H,1-6,22H2,(H,27,28)/t10-,11+. The molecule has 0 aromatic carbocycles. The van der Waals surface area contributed by atoms with Crippen LogP contribution in [0, 0.1) is 5.92 Å². The monoisotopic (exact) mass is 473 g/mol. The molecule has 4 heterocycles. The van der Waals surface area contributed by atoms with Gasteiger partial charge in [0.15, 0.2) is 5.65 Å². The minimum atomic E-state index is -0.703. The predicted molar refractivity (Wildman–Crippen MR) is 115 cm³/mol.